The molecule has 0 spiro atoms. The highest BCUT2D eigenvalue weighted by Crippen LogP contribution is 2.35. The third-order valence-corrected chi connectivity index (χ3v) is 6.29. The molecule has 1 aromatic rings. The van der Waals surface area contributed by atoms with Crippen LogP contribution in [0.15, 0.2) is 27.6 Å². The first-order chi connectivity index (χ1) is 9.17. The molecule has 0 radical (unpaired) electrons. The van der Waals surface area contributed by atoms with E-state index in [9.17, 15) is 13.2 Å². The fourth-order valence-electron chi connectivity index (χ4n) is 2.12. The van der Waals surface area contributed by atoms with Gasteiger partial charge in [-0.05, 0) is 31.5 Å². The number of halogens is 2. The van der Waals surface area contributed by atoms with Crippen molar-refractivity contribution in [3.63, 3.8) is 0 Å². The SMILES string of the molecule is CC1(C(=O)O)CCN(S(=O)(=O)c2ccc(Br)cc2Cl)C1. The second-order valence-corrected chi connectivity index (χ2v) is 8.26. The molecule has 1 N–H and O–H groups in total. The van der Waals surface area contributed by atoms with Gasteiger partial charge < -0.3 is 5.11 Å². The number of nitrogens with zero attached hydrogens (tertiary/aromatic N) is 1. The molecule has 2 rings (SSSR count). The molecule has 0 bridgehead atoms. The van der Waals surface area contributed by atoms with E-state index in [0.717, 1.165) is 0 Å². The number of hydrogen-bond acceptors (Lipinski definition) is 3. The Bertz CT molecular complexity index is 663. The topological polar surface area (TPSA) is 74.7 Å². The molecule has 1 aliphatic rings. The van der Waals surface area contributed by atoms with Crippen molar-refractivity contribution < 1.29 is 18.3 Å². The van der Waals surface area contributed by atoms with Crippen molar-refractivity contribution >= 4 is 43.5 Å². The molecular weight excluding hydrogens is 370 g/mol. The summed E-state index contributed by atoms with van der Waals surface area (Å²) in [4.78, 5) is 11.2. The largest absolute Gasteiger partial charge is 0.481 e. The van der Waals surface area contributed by atoms with Crippen LogP contribution in [0.2, 0.25) is 5.02 Å². The van der Waals surface area contributed by atoms with E-state index in [1.807, 2.05) is 0 Å². The molecule has 0 aromatic heterocycles. The van der Waals surface area contributed by atoms with Crippen molar-refractivity contribution in [3.05, 3.63) is 27.7 Å². The Morgan fingerprint density at radius 1 is 1.50 bits per heavy atom. The Labute approximate surface area is 130 Å². The van der Waals surface area contributed by atoms with Gasteiger partial charge in [-0.15, -0.1) is 0 Å². The van der Waals surface area contributed by atoms with Crippen LogP contribution < -0.4 is 0 Å². The summed E-state index contributed by atoms with van der Waals surface area (Å²) in [7, 11) is -3.77. The number of benzene rings is 1. The Hall–Kier alpha value is -0.630. The van der Waals surface area contributed by atoms with E-state index in [1.165, 1.54) is 16.4 Å². The lowest BCUT2D eigenvalue weighted by Crippen LogP contribution is -2.35. The number of carboxylic acid groups (broad SMARTS) is 1. The zero-order valence-corrected chi connectivity index (χ0v) is 13.8. The number of hydrogen-bond donors (Lipinski definition) is 1. The summed E-state index contributed by atoms with van der Waals surface area (Å²) in [5.74, 6) is -0.989. The van der Waals surface area contributed by atoms with Crippen molar-refractivity contribution in [1.29, 1.82) is 0 Å². The lowest BCUT2D eigenvalue weighted by molar-refractivity contribution is -0.146. The van der Waals surface area contributed by atoms with E-state index in [4.69, 9.17) is 16.7 Å². The van der Waals surface area contributed by atoms with Gasteiger partial charge in [0.15, 0.2) is 0 Å². The standard InChI is InChI=1S/C12H13BrClNO4S/c1-12(11(16)17)4-5-15(7-12)20(18,19)10-3-2-8(13)6-9(10)14/h2-3,6H,4-5,7H2,1H3,(H,16,17). The quantitative estimate of drug-likeness (QED) is 0.872. The molecule has 1 fully saturated rings. The Balaban J connectivity index is 2.35. The summed E-state index contributed by atoms with van der Waals surface area (Å²) >= 11 is 9.19. The van der Waals surface area contributed by atoms with Crippen LogP contribution in [-0.2, 0) is 14.8 Å². The van der Waals surface area contributed by atoms with Crippen LogP contribution in [0.1, 0.15) is 13.3 Å². The third-order valence-electron chi connectivity index (χ3n) is 3.47. The van der Waals surface area contributed by atoms with E-state index < -0.39 is 21.4 Å². The van der Waals surface area contributed by atoms with Gasteiger partial charge in [0, 0.05) is 17.6 Å². The van der Waals surface area contributed by atoms with Crippen LogP contribution in [0.4, 0.5) is 0 Å². The lowest BCUT2D eigenvalue weighted by atomic mass is 9.90. The normalized spacial score (nSPS) is 23.9. The highest BCUT2D eigenvalue weighted by Gasteiger charge is 2.45. The summed E-state index contributed by atoms with van der Waals surface area (Å²) in [6.45, 7) is 1.68. The number of sulfonamides is 1. The number of carbonyl (C=O) groups is 1. The molecule has 0 saturated carbocycles. The average Bonchev–Trinajstić information content (AvgIpc) is 2.73. The summed E-state index contributed by atoms with van der Waals surface area (Å²) < 4.78 is 26.9. The molecule has 0 amide bonds. The van der Waals surface area contributed by atoms with Crippen LogP contribution in [-0.4, -0.2) is 36.9 Å². The first kappa shape index (κ1) is 15.8. The number of rotatable bonds is 3. The zero-order valence-electron chi connectivity index (χ0n) is 10.6. The molecular formula is C12H13BrClNO4S. The maximum atomic E-state index is 12.5. The molecule has 20 heavy (non-hydrogen) atoms. The van der Waals surface area contributed by atoms with Crippen molar-refractivity contribution in [3.8, 4) is 0 Å². The highest BCUT2D eigenvalue weighted by atomic mass is 79.9. The highest BCUT2D eigenvalue weighted by molar-refractivity contribution is 9.10. The van der Waals surface area contributed by atoms with Crippen molar-refractivity contribution in [1.82, 2.24) is 4.31 Å². The van der Waals surface area contributed by atoms with Crippen LogP contribution in [0.25, 0.3) is 0 Å². The molecule has 1 saturated heterocycles. The van der Waals surface area contributed by atoms with Crippen LogP contribution >= 0.6 is 27.5 Å². The van der Waals surface area contributed by atoms with Gasteiger partial charge >= 0.3 is 5.97 Å². The van der Waals surface area contributed by atoms with Crippen molar-refractivity contribution in [2.45, 2.75) is 18.2 Å². The number of aliphatic carboxylic acids is 1. The second kappa shape index (κ2) is 5.29. The average molecular weight is 383 g/mol. The summed E-state index contributed by atoms with van der Waals surface area (Å²) in [6, 6.07) is 4.50. The zero-order chi connectivity index (χ0) is 15.1. The second-order valence-electron chi connectivity index (χ2n) is 5.03. The van der Waals surface area contributed by atoms with Crippen molar-refractivity contribution in [2.24, 2.45) is 5.41 Å². The lowest BCUT2D eigenvalue weighted by Gasteiger charge is -2.20. The minimum atomic E-state index is -3.77. The monoisotopic (exact) mass is 381 g/mol. The summed E-state index contributed by atoms with van der Waals surface area (Å²) in [6.07, 6.45) is 0.287. The van der Waals surface area contributed by atoms with Crippen LogP contribution in [0, 0.1) is 5.41 Å². The molecule has 1 aromatic carbocycles. The molecule has 1 atom stereocenters. The minimum Gasteiger partial charge on any atom is -0.481 e. The van der Waals surface area contributed by atoms with Gasteiger partial charge in [0.05, 0.1) is 10.4 Å². The van der Waals surface area contributed by atoms with Crippen LogP contribution in [0.3, 0.4) is 0 Å². The van der Waals surface area contributed by atoms with Gasteiger partial charge in [-0.1, -0.05) is 27.5 Å². The van der Waals surface area contributed by atoms with Gasteiger partial charge in [0.2, 0.25) is 10.0 Å². The van der Waals surface area contributed by atoms with Gasteiger partial charge in [0.25, 0.3) is 0 Å². The Kier molecular flexibility index (Phi) is 4.17. The van der Waals surface area contributed by atoms with Crippen molar-refractivity contribution in [2.75, 3.05) is 13.1 Å². The van der Waals surface area contributed by atoms with E-state index in [0.29, 0.717) is 4.47 Å². The molecule has 110 valence electrons. The van der Waals surface area contributed by atoms with Gasteiger partial charge in [-0.3, -0.25) is 4.79 Å². The molecule has 8 heteroatoms. The molecule has 0 aliphatic carbocycles. The van der Waals surface area contributed by atoms with E-state index in [-0.39, 0.29) is 29.4 Å². The fourth-order valence-corrected chi connectivity index (χ4v) is 4.70. The summed E-state index contributed by atoms with van der Waals surface area (Å²) in [5.41, 5.74) is -1.05. The molecule has 5 nitrogen and oxygen atoms in total. The minimum absolute atomic E-state index is 0.00277. The molecule has 1 unspecified atom stereocenters. The molecule has 1 aliphatic heterocycles. The third kappa shape index (κ3) is 2.72. The van der Waals surface area contributed by atoms with E-state index >= 15 is 0 Å². The summed E-state index contributed by atoms with van der Waals surface area (Å²) in [5, 5.41) is 9.28. The first-order valence-corrected chi connectivity index (χ1v) is 8.46. The van der Waals surface area contributed by atoms with Gasteiger partial charge in [-0.25, -0.2) is 8.42 Å². The van der Waals surface area contributed by atoms with E-state index in [2.05, 4.69) is 15.9 Å². The number of carboxylic acids is 1. The maximum absolute atomic E-state index is 12.5. The van der Waals surface area contributed by atoms with E-state index in [1.54, 1.807) is 13.0 Å². The first-order valence-electron chi connectivity index (χ1n) is 5.85. The predicted molar refractivity (Wildman–Crippen MR) is 78.3 cm³/mol. The van der Waals surface area contributed by atoms with Gasteiger partial charge in [0.1, 0.15) is 4.90 Å². The maximum Gasteiger partial charge on any atom is 0.310 e. The predicted octanol–water partition coefficient (Wildman–Crippen LogP) is 2.59. The van der Waals surface area contributed by atoms with Crippen LogP contribution in [0.5, 0.6) is 0 Å². The smallest absolute Gasteiger partial charge is 0.310 e. The molecule has 1 heterocycles. The van der Waals surface area contributed by atoms with Gasteiger partial charge in [-0.2, -0.15) is 4.31 Å². The Morgan fingerprint density at radius 3 is 2.65 bits per heavy atom. The Morgan fingerprint density at radius 2 is 2.15 bits per heavy atom. The fraction of sp³-hybridized carbons (Fsp3) is 0.417.